The monoisotopic (exact) mass is 164 g/mol. The quantitative estimate of drug-likeness (QED) is 0.409. The van der Waals surface area contributed by atoms with E-state index in [0.29, 0.717) is 5.88 Å². The molecule has 1 aromatic carbocycles. The van der Waals surface area contributed by atoms with Crippen molar-refractivity contribution in [3.63, 3.8) is 0 Å². The summed E-state index contributed by atoms with van der Waals surface area (Å²) in [5, 5.41) is 0. The van der Waals surface area contributed by atoms with Crippen molar-refractivity contribution in [1.82, 2.24) is 0 Å². The Bertz CT molecular complexity index is 291. The molecule has 0 heterocycles. The van der Waals surface area contributed by atoms with Crippen molar-refractivity contribution in [3.05, 3.63) is 35.4 Å². The fourth-order valence-electron chi connectivity index (χ4n) is 0.858. The first-order chi connectivity index (χ1) is 5.33. The van der Waals surface area contributed by atoms with Gasteiger partial charge in [-0.15, -0.1) is 11.6 Å². The molecule has 0 aliphatic carbocycles. The summed E-state index contributed by atoms with van der Waals surface area (Å²) in [4.78, 5) is 0. The van der Waals surface area contributed by atoms with Crippen molar-refractivity contribution in [1.29, 1.82) is 0 Å². The van der Waals surface area contributed by atoms with Crippen molar-refractivity contribution in [2.75, 3.05) is 5.88 Å². The number of hydrogen-bond donors (Lipinski definition) is 0. The van der Waals surface area contributed by atoms with E-state index in [9.17, 15) is 0 Å². The first-order valence-corrected chi connectivity index (χ1v) is 3.98. The molecule has 11 heavy (non-hydrogen) atoms. The summed E-state index contributed by atoms with van der Waals surface area (Å²) in [6, 6.07) is 8.06. The lowest BCUT2D eigenvalue weighted by atomic mass is 10.1. The summed E-state index contributed by atoms with van der Waals surface area (Å²) in [7, 11) is 0. The summed E-state index contributed by atoms with van der Waals surface area (Å²) in [5.74, 6) is 6.16. The van der Waals surface area contributed by atoms with Crippen LogP contribution in [0.3, 0.4) is 0 Å². The highest BCUT2D eigenvalue weighted by Gasteiger charge is 1.85. The lowest BCUT2D eigenvalue weighted by Gasteiger charge is -1.91. The van der Waals surface area contributed by atoms with Gasteiger partial charge in [0.25, 0.3) is 0 Å². The molecule has 56 valence electrons. The lowest BCUT2D eigenvalue weighted by molar-refractivity contribution is 1.45. The smallest absolute Gasteiger partial charge is 0.0839 e. The Labute approximate surface area is 72.2 Å². The van der Waals surface area contributed by atoms with Crippen molar-refractivity contribution in [3.8, 4) is 11.8 Å². The average Bonchev–Trinajstić information content (AvgIpc) is 2.01. The molecule has 1 aromatic rings. The van der Waals surface area contributed by atoms with Crippen LogP contribution in [0.2, 0.25) is 0 Å². The van der Waals surface area contributed by atoms with E-state index in [1.54, 1.807) is 0 Å². The van der Waals surface area contributed by atoms with Crippen LogP contribution in [-0.2, 0) is 0 Å². The highest BCUT2D eigenvalue weighted by molar-refractivity contribution is 6.19. The normalized spacial score (nSPS) is 8.55. The van der Waals surface area contributed by atoms with E-state index in [0.717, 1.165) is 5.56 Å². The Morgan fingerprint density at radius 1 is 1.45 bits per heavy atom. The lowest BCUT2D eigenvalue weighted by Crippen LogP contribution is -1.75. The van der Waals surface area contributed by atoms with Crippen LogP contribution in [0.4, 0.5) is 0 Å². The van der Waals surface area contributed by atoms with Crippen molar-refractivity contribution in [2.24, 2.45) is 0 Å². The zero-order valence-corrected chi connectivity index (χ0v) is 7.15. The van der Waals surface area contributed by atoms with Gasteiger partial charge in [0.2, 0.25) is 0 Å². The van der Waals surface area contributed by atoms with E-state index in [2.05, 4.69) is 11.8 Å². The largest absolute Gasteiger partial charge is 0.113 e. The maximum absolute atomic E-state index is 5.42. The van der Waals surface area contributed by atoms with Gasteiger partial charge in [-0.2, -0.15) is 0 Å². The van der Waals surface area contributed by atoms with Gasteiger partial charge in [-0.25, -0.2) is 0 Å². The van der Waals surface area contributed by atoms with Gasteiger partial charge in [0.1, 0.15) is 0 Å². The van der Waals surface area contributed by atoms with E-state index in [1.807, 2.05) is 31.2 Å². The number of halogens is 1. The highest BCUT2D eigenvalue weighted by atomic mass is 35.5. The summed E-state index contributed by atoms with van der Waals surface area (Å²) < 4.78 is 0. The van der Waals surface area contributed by atoms with Crippen LogP contribution in [0.25, 0.3) is 0 Å². The predicted octanol–water partition coefficient (Wildman–Crippen LogP) is 2.59. The van der Waals surface area contributed by atoms with Gasteiger partial charge in [0, 0.05) is 5.56 Å². The van der Waals surface area contributed by atoms with Crippen LogP contribution in [0, 0.1) is 18.8 Å². The van der Waals surface area contributed by atoms with Crippen LogP contribution in [0.1, 0.15) is 11.1 Å². The van der Waals surface area contributed by atoms with Crippen molar-refractivity contribution < 1.29 is 0 Å². The van der Waals surface area contributed by atoms with Gasteiger partial charge in [0.05, 0.1) is 5.88 Å². The second kappa shape index (κ2) is 4.05. The Balaban J connectivity index is 2.87. The van der Waals surface area contributed by atoms with Gasteiger partial charge < -0.3 is 0 Å². The number of aryl methyl sites for hydroxylation is 1. The van der Waals surface area contributed by atoms with Gasteiger partial charge in [0.15, 0.2) is 0 Å². The van der Waals surface area contributed by atoms with Crippen LogP contribution in [-0.4, -0.2) is 5.88 Å². The molecule has 0 spiro atoms. The second-order valence-electron chi connectivity index (χ2n) is 2.30. The van der Waals surface area contributed by atoms with Gasteiger partial charge in [-0.05, 0) is 24.6 Å². The first-order valence-electron chi connectivity index (χ1n) is 3.44. The third kappa shape index (κ3) is 2.65. The average molecular weight is 165 g/mol. The minimum Gasteiger partial charge on any atom is -0.113 e. The fourth-order valence-corrected chi connectivity index (χ4v) is 0.925. The summed E-state index contributed by atoms with van der Waals surface area (Å²) in [6.45, 7) is 2.05. The van der Waals surface area contributed by atoms with E-state index < -0.39 is 0 Å². The summed E-state index contributed by atoms with van der Waals surface area (Å²) in [5.41, 5.74) is 2.26. The molecule has 0 saturated heterocycles. The molecular weight excluding hydrogens is 156 g/mol. The maximum Gasteiger partial charge on any atom is 0.0839 e. The molecule has 0 aliphatic rings. The second-order valence-corrected chi connectivity index (χ2v) is 2.57. The first kappa shape index (κ1) is 8.17. The Morgan fingerprint density at radius 2 is 2.27 bits per heavy atom. The fraction of sp³-hybridized carbons (Fsp3) is 0.200. The van der Waals surface area contributed by atoms with Crippen LogP contribution in [0.5, 0.6) is 0 Å². The molecule has 0 atom stereocenters. The SMILES string of the molecule is Cc1cccc(C#CCCl)c1. The topological polar surface area (TPSA) is 0 Å². The minimum absolute atomic E-state index is 0.397. The third-order valence-electron chi connectivity index (χ3n) is 1.32. The predicted molar refractivity (Wildman–Crippen MR) is 48.8 cm³/mol. The van der Waals surface area contributed by atoms with Crippen molar-refractivity contribution >= 4 is 11.6 Å². The molecule has 0 aliphatic heterocycles. The van der Waals surface area contributed by atoms with E-state index in [-0.39, 0.29) is 0 Å². The van der Waals surface area contributed by atoms with E-state index >= 15 is 0 Å². The molecule has 1 rings (SSSR count). The van der Waals surface area contributed by atoms with Crippen LogP contribution >= 0.6 is 11.6 Å². The minimum atomic E-state index is 0.397. The van der Waals surface area contributed by atoms with Crippen LogP contribution < -0.4 is 0 Å². The zero-order chi connectivity index (χ0) is 8.10. The molecule has 1 heteroatoms. The Hall–Kier alpha value is -0.930. The van der Waals surface area contributed by atoms with Crippen molar-refractivity contribution in [2.45, 2.75) is 6.92 Å². The maximum atomic E-state index is 5.42. The molecule has 0 amide bonds. The number of benzene rings is 1. The molecule has 0 fully saturated rings. The van der Waals surface area contributed by atoms with Gasteiger partial charge >= 0.3 is 0 Å². The zero-order valence-electron chi connectivity index (χ0n) is 6.39. The number of rotatable bonds is 0. The van der Waals surface area contributed by atoms with Gasteiger partial charge in [-0.1, -0.05) is 24.0 Å². The Morgan fingerprint density at radius 3 is 2.91 bits per heavy atom. The molecular formula is C10H9Cl. The summed E-state index contributed by atoms with van der Waals surface area (Å²) in [6.07, 6.45) is 0. The molecule has 0 bridgehead atoms. The summed E-state index contributed by atoms with van der Waals surface area (Å²) >= 11 is 5.42. The molecule has 0 nitrogen and oxygen atoms in total. The third-order valence-corrected chi connectivity index (χ3v) is 1.45. The molecule has 0 N–H and O–H groups in total. The Kier molecular flexibility index (Phi) is 3.01. The van der Waals surface area contributed by atoms with E-state index in [1.165, 1.54) is 5.56 Å². The molecule has 0 unspecified atom stereocenters. The molecule has 0 aromatic heterocycles. The number of alkyl halides is 1. The molecule has 0 saturated carbocycles. The highest BCUT2D eigenvalue weighted by Crippen LogP contribution is 2.01. The van der Waals surface area contributed by atoms with Crippen LogP contribution in [0.15, 0.2) is 24.3 Å². The van der Waals surface area contributed by atoms with E-state index in [4.69, 9.17) is 11.6 Å². The van der Waals surface area contributed by atoms with Gasteiger partial charge in [-0.3, -0.25) is 0 Å². The standard InChI is InChI=1S/C10H9Cl/c1-9-4-2-5-10(8-9)6-3-7-11/h2,4-5,8H,7H2,1H3. The number of hydrogen-bond acceptors (Lipinski definition) is 0. The molecule has 0 radical (unpaired) electrons.